The predicted octanol–water partition coefficient (Wildman–Crippen LogP) is 2.13. The number of rotatable bonds is 4. The van der Waals surface area contributed by atoms with Gasteiger partial charge in [0.15, 0.2) is 0 Å². The normalized spacial score (nSPS) is 12.6. The van der Waals surface area contributed by atoms with Crippen molar-refractivity contribution in [1.29, 1.82) is 0 Å². The summed E-state index contributed by atoms with van der Waals surface area (Å²) in [5.41, 5.74) is 1.90. The van der Waals surface area contributed by atoms with Gasteiger partial charge in [-0.15, -0.1) is 0 Å². The van der Waals surface area contributed by atoms with E-state index >= 15 is 0 Å². The highest BCUT2D eigenvalue weighted by molar-refractivity contribution is 6.29. The first-order chi connectivity index (χ1) is 8.16. The summed E-state index contributed by atoms with van der Waals surface area (Å²) in [6.45, 7) is 0. The lowest BCUT2D eigenvalue weighted by molar-refractivity contribution is 0.167. The SMILES string of the molecule is Cn1nccc1CCC(O)c1ccnc(Cl)c1. The van der Waals surface area contributed by atoms with Gasteiger partial charge in [-0.3, -0.25) is 4.68 Å². The summed E-state index contributed by atoms with van der Waals surface area (Å²) in [5.74, 6) is 0. The zero-order valence-electron chi connectivity index (χ0n) is 9.55. The van der Waals surface area contributed by atoms with E-state index in [0.29, 0.717) is 11.6 Å². The minimum Gasteiger partial charge on any atom is -0.388 e. The monoisotopic (exact) mass is 251 g/mol. The number of nitrogens with zero attached hydrogens (tertiary/aromatic N) is 3. The van der Waals surface area contributed by atoms with Crippen molar-refractivity contribution >= 4 is 11.6 Å². The molecule has 2 aromatic heterocycles. The molecule has 2 rings (SSSR count). The van der Waals surface area contributed by atoms with Crippen molar-refractivity contribution in [3.63, 3.8) is 0 Å². The van der Waals surface area contributed by atoms with Gasteiger partial charge < -0.3 is 5.11 Å². The van der Waals surface area contributed by atoms with Crippen molar-refractivity contribution in [2.75, 3.05) is 0 Å². The van der Waals surface area contributed by atoms with Gasteiger partial charge in [-0.2, -0.15) is 5.10 Å². The van der Waals surface area contributed by atoms with Crippen LogP contribution in [-0.4, -0.2) is 19.9 Å². The van der Waals surface area contributed by atoms with Crippen LogP contribution in [-0.2, 0) is 13.5 Å². The molecule has 0 aliphatic heterocycles. The molecule has 1 atom stereocenters. The third-order valence-corrected chi connectivity index (χ3v) is 2.94. The number of aliphatic hydroxyl groups is 1. The minimum absolute atomic E-state index is 0.405. The van der Waals surface area contributed by atoms with Crippen LogP contribution in [0.1, 0.15) is 23.8 Å². The second-order valence-electron chi connectivity index (χ2n) is 3.91. The maximum Gasteiger partial charge on any atom is 0.129 e. The molecule has 0 spiro atoms. The lowest BCUT2D eigenvalue weighted by Gasteiger charge is -2.10. The quantitative estimate of drug-likeness (QED) is 0.847. The topological polar surface area (TPSA) is 50.9 Å². The average Bonchev–Trinajstić information content (AvgIpc) is 2.72. The molecule has 0 amide bonds. The molecule has 0 radical (unpaired) electrons. The second kappa shape index (κ2) is 5.29. The van der Waals surface area contributed by atoms with E-state index in [1.165, 1.54) is 0 Å². The summed E-state index contributed by atoms with van der Waals surface area (Å²) >= 11 is 5.78. The summed E-state index contributed by atoms with van der Waals surface area (Å²) < 4.78 is 1.81. The summed E-state index contributed by atoms with van der Waals surface area (Å²) in [6, 6.07) is 5.42. The zero-order valence-corrected chi connectivity index (χ0v) is 10.3. The molecular weight excluding hydrogens is 238 g/mol. The zero-order chi connectivity index (χ0) is 12.3. The highest BCUT2D eigenvalue weighted by Crippen LogP contribution is 2.20. The van der Waals surface area contributed by atoms with Crippen LogP contribution in [0.4, 0.5) is 0 Å². The Kier molecular flexibility index (Phi) is 3.76. The maximum absolute atomic E-state index is 10.0. The van der Waals surface area contributed by atoms with Crippen LogP contribution in [0.3, 0.4) is 0 Å². The van der Waals surface area contributed by atoms with Gasteiger partial charge in [0.2, 0.25) is 0 Å². The number of halogens is 1. The van der Waals surface area contributed by atoms with Crippen LogP contribution in [0.15, 0.2) is 30.6 Å². The van der Waals surface area contributed by atoms with E-state index in [0.717, 1.165) is 17.7 Å². The Hall–Kier alpha value is -1.39. The Morgan fingerprint density at radius 1 is 1.41 bits per heavy atom. The first kappa shape index (κ1) is 12.1. The van der Waals surface area contributed by atoms with E-state index in [4.69, 9.17) is 11.6 Å². The molecular formula is C12H14ClN3O. The molecule has 90 valence electrons. The van der Waals surface area contributed by atoms with Crippen LogP contribution >= 0.6 is 11.6 Å². The third-order valence-electron chi connectivity index (χ3n) is 2.73. The van der Waals surface area contributed by atoms with Gasteiger partial charge in [-0.1, -0.05) is 11.6 Å². The Bertz CT molecular complexity index is 498. The molecule has 0 bridgehead atoms. The number of hydrogen-bond acceptors (Lipinski definition) is 3. The molecule has 1 unspecified atom stereocenters. The van der Waals surface area contributed by atoms with Gasteiger partial charge in [0, 0.05) is 25.1 Å². The van der Waals surface area contributed by atoms with Gasteiger partial charge in [-0.25, -0.2) is 4.98 Å². The predicted molar refractivity (Wildman–Crippen MR) is 65.7 cm³/mol. The second-order valence-corrected chi connectivity index (χ2v) is 4.30. The summed E-state index contributed by atoms with van der Waals surface area (Å²) in [6.07, 6.45) is 4.25. The highest BCUT2D eigenvalue weighted by Gasteiger charge is 2.09. The summed E-state index contributed by atoms with van der Waals surface area (Å²) in [7, 11) is 1.89. The molecule has 2 heterocycles. The molecule has 4 nitrogen and oxygen atoms in total. The van der Waals surface area contributed by atoms with E-state index in [-0.39, 0.29) is 0 Å². The summed E-state index contributed by atoms with van der Waals surface area (Å²) in [5, 5.41) is 14.5. The largest absolute Gasteiger partial charge is 0.388 e. The van der Waals surface area contributed by atoms with Gasteiger partial charge in [0.25, 0.3) is 0 Å². The Labute approximate surface area is 105 Å². The van der Waals surface area contributed by atoms with Crippen LogP contribution in [0.25, 0.3) is 0 Å². The number of pyridine rings is 1. The number of aliphatic hydroxyl groups excluding tert-OH is 1. The van der Waals surface area contributed by atoms with Gasteiger partial charge in [0.1, 0.15) is 5.15 Å². The van der Waals surface area contributed by atoms with E-state index in [9.17, 15) is 5.11 Å². The molecule has 17 heavy (non-hydrogen) atoms. The Morgan fingerprint density at radius 3 is 2.88 bits per heavy atom. The summed E-state index contributed by atoms with van der Waals surface area (Å²) in [4.78, 5) is 3.89. The molecule has 0 aliphatic rings. The van der Waals surface area contributed by atoms with Crippen LogP contribution in [0, 0.1) is 0 Å². The van der Waals surface area contributed by atoms with E-state index in [2.05, 4.69) is 10.1 Å². The van der Waals surface area contributed by atoms with Crippen molar-refractivity contribution in [2.45, 2.75) is 18.9 Å². The van der Waals surface area contributed by atoms with E-state index in [1.807, 2.05) is 17.8 Å². The Morgan fingerprint density at radius 2 is 2.24 bits per heavy atom. The molecule has 0 saturated heterocycles. The molecule has 0 aliphatic carbocycles. The van der Waals surface area contributed by atoms with Gasteiger partial charge in [0.05, 0.1) is 6.10 Å². The fourth-order valence-electron chi connectivity index (χ4n) is 1.72. The highest BCUT2D eigenvalue weighted by atomic mass is 35.5. The molecule has 0 fully saturated rings. The molecule has 5 heteroatoms. The first-order valence-electron chi connectivity index (χ1n) is 5.43. The standard InChI is InChI=1S/C12H14ClN3O/c1-16-10(5-7-15-16)2-3-11(17)9-4-6-14-12(13)8-9/h4-8,11,17H,2-3H2,1H3. The van der Waals surface area contributed by atoms with Crippen LogP contribution in [0.2, 0.25) is 5.15 Å². The van der Waals surface area contributed by atoms with Crippen molar-refractivity contribution in [2.24, 2.45) is 7.05 Å². The average molecular weight is 252 g/mol. The van der Waals surface area contributed by atoms with Crippen molar-refractivity contribution in [3.8, 4) is 0 Å². The molecule has 0 aromatic carbocycles. The third kappa shape index (κ3) is 3.05. The van der Waals surface area contributed by atoms with Gasteiger partial charge >= 0.3 is 0 Å². The fraction of sp³-hybridized carbons (Fsp3) is 0.333. The van der Waals surface area contributed by atoms with Crippen LogP contribution < -0.4 is 0 Å². The lowest BCUT2D eigenvalue weighted by atomic mass is 10.1. The van der Waals surface area contributed by atoms with E-state index in [1.54, 1.807) is 24.5 Å². The minimum atomic E-state index is -0.523. The molecule has 2 aromatic rings. The number of hydrogen-bond donors (Lipinski definition) is 1. The number of aromatic nitrogens is 3. The Balaban J connectivity index is 1.98. The maximum atomic E-state index is 10.0. The smallest absolute Gasteiger partial charge is 0.129 e. The van der Waals surface area contributed by atoms with Gasteiger partial charge in [-0.05, 0) is 36.6 Å². The number of aryl methyl sites for hydroxylation is 2. The van der Waals surface area contributed by atoms with E-state index < -0.39 is 6.10 Å². The first-order valence-corrected chi connectivity index (χ1v) is 5.81. The van der Waals surface area contributed by atoms with Crippen molar-refractivity contribution in [1.82, 2.24) is 14.8 Å². The molecule has 0 saturated carbocycles. The molecule has 1 N–H and O–H groups in total. The van der Waals surface area contributed by atoms with Crippen molar-refractivity contribution in [3.05, 3.63) is 47.0 Å². The van der Waals surface area contributed by atoms with Crippen LogP contribution in [0.5, 0.6) is 0 Å². The lowest BCUT2D eigenvalue weighted by Crippen LogP contribution is -2.03. The fourth-order valence-corrected chi connectivity index (χ4v) is 1.90. The van der Waals surface area contributed by atoms with Crippen molar-refractivity contribution < 1.29 is 5.11 Å².